The van der Waals surface area contributed by atoms with Gasteiger partial charge >= 0.3 is 0 Å². The largest absolute Gasteiger partial charge is 0.315 e. The van der Waals surface area contributed by atoms with Crippen LogP contribution in [0.4, 0.5) is 5.69 Å². The molecule has 0 spiro atoms. The topological polar surface area (TPSA) is 66.5 Å². The van der Waals surface area contributed by atoms with Gasteiger partial charge in [0.2, 0.25) is 15.9 Å². The minimum absolute atomic E-state index is 0.0550. The fraction of sp³-hybridized carbons (Fsp3) is 0.316. The van der Waals surface area contributed by atoms with Gasteiger partial charge in [0.05, 0.1) is 4.90 Å². The van der Waals surface area contributed by atoms with E-state index in [-0.39, 0.29) is 10.8 Å². The number of anilines is 1. The Balaban J connectivity index is 1.71. The molecular formula is C19H22N2O3S. The molecule has 1 aliphatic heterocycles. The Morgan fingerprint density at radius 2 is 1.92 bits per heavy atom. The van der Waals surface area contributed by atoms with E-state index >= 15 is 0 Å². The Bertz CT molecular complexity index is 907. The minimum atomic E-state index is -3.56. The number of sulfonamides is 1. The molecule has 1 N–H and O–H groups in total. The number of fused-ring (bicyclic) bond motifs is 1. The monoisotopic (exact) mass is 358 g/mol. The number of carbonyl (C=O) groups excluding carboxylic acids is 1. The maximum absolute atomic E-state index is 12.5. The van der Waals surface area contributed by atoms with E-state index in [2.05, 4.69) is 10.8 Å². The van der Waals surface area contributed by atoms with Crippen LogP contribution in [0.25, 0.3) is 0 Å². The number of hydrogen-bond acceptors (Lipinski definition) is 3. The Kier molecular flexibility index (Phi) is 4.92. The van der Waals surface area contributed by atoms with Gasteiger partial charge in [-0.3, -0.25) is 4.79 Å². The molecule has 6 heteroatoms. The minimum Gasteiger partial charge on any atom is -0.315 e. The van der Waals surface area contributed by atoms with Crippen LogP contribution in [-0.4, -0.2) is 27.9 Å². The van der Waals surface area contributed by atoms with E-state index in [0.717, 1.165) is 22.4 Å². The van der Waals surface area contributed by atoms with Crippen molar-refractivity contribution in [3.63, 3.8) is 0 Å². The summed E-state index contributed by atoms with van der Waals surface area (Å²) >= 11 is 0. The fourth-order valence-electron chi connectivity index (χ4n) is 3.08. The maximum atomic E-state index is 12.5. The Morgan fingerprint density at radius 3 is 2.68 bits per heavy atom. The number of nitrogens with one attached hydrogen (secondary N) is 1. The van der Waals surface area contributed by atoms with Gasteiger partial charge in [0.15, 0.2) is 0 Å². The van der Waals surface area contributed by atoms with Crippen LogP contribution in [0.3, 0.4) is 0 Å². The summed E-state index contributed by atoms with van der Waals surface area (Å²) in [6, 6.07) is 13.0. The molecule has 1 amide bonds. The van der Waals surface area contributed by atoms with Crippen LogP contribution in [-0.2, 0) is 27.7 Å². The number of nitrogens with zero attached hydrogens (tertiary/aromatic N) is 1. The molecule has 0 bridgehead atoms. The van der Waals surface area contributed by atoms with E-state index in [1.54, 1.807) is 30.1 Å². The fourth-order valence-corrected chi connectivity index (χ4v) is 4.16. The van der Waals surface area contributed by atoms with Crippen LogP contribution in [0, 0.1) is 6.92 Å². The highest BCUT2D eigenvalue weighted by Crippen LogP contribution is 2.28. The van der Waals surface area contributed by atoms with Crippen molar-refractivity contribution >= 4 is 21.6 Å². The molecule has 0 fully saturated rings. The molecule has 2 aromatic rings. The van der Waals surface area contributed by atoms with E-state index in [9.17, 15) is 13.2 Å². The third kappa shape index (κ3) is 3.91. The van der Waals surface area contributed by atoms with E-state index in [4.69, 9.17) is 0 Å². The van der Waals surface area contributed by atoms with Gasteiger partial charge in [0.1, 0.15) is 0 Å². The van der Waals surface area contributed by atoms with Crippen molar-refractivity contribution in [1.82, 2.24) is 4.72 Å². The lowest BCUT2D eigenvalue weighted by molar-refractivity contribution is -0.118. The lowest BCUT2D eigenvalue weighted by Gasteiger charge is -2.26. The van der Waals surface area contributed by atoms with E-state index in [0.29, 0.717) is 25.8 Å². The van der Waals surface area contributed by atoms with Gasteiger partial charge < -0.3 is 4.90 Å². The molecule has 0 saturated carbocycles. The Labute approximate surface area is 148 Å². The van der Waals surface area contributed by atoms with Crippen molar-refractivity contribution in [2.24, 2.45) is 0 Å². The van der Waals surface area contributed by atoms with E-state index < -0.39 is 10.0 Å². The van der Waals surface area contributed by atoms with Crippen molar-refractivity contribution in [2.45, 2.75) is 31.1 Å². The molecule has 0 aromatic heterocycles. The highest BCUT2D eigenvalue weighted by atomic mass is 32.2. The Hall–Kier alpha value is -2.18. The molecule has 0 atom stereocenters. The summed E-state index contributed by atoms with van der Waals surface area (Å²) in [4.78, 5) is 13.6. The van der Waals surface area contributed by atoms with Gasteiger partial charge in [-0.1, -0.05) is 29.8 Å². The first-order chi connectivity index (χ1) is 11.9. The summed E-state index contributed by atoms with van der Waals surface area (Å²) in [5.41, 5.74) is 3.95. The van der Waals surface area contributed by atoms with Crippen molar-refractivity contribution in [3.05, 3.63) is 59.2 Å². The third-order valence-corrected chi connectivity index (χ3v) is 5.95. The van der Waals surface area contributed by atoms with Crippen molar-refractivity contribution in [3.8, 4) is 0 Å². The van der Waals surface area contributed by atoms with Crippen LogP contribution < -0.4 is 9.62 Å². The van der Waals surface area contributed by atoms with E-state index in [1.165, 1.54) is 0 Å². The summed E-state index contributed by atoms with van der Waals surface area (Å²) in [5, 5.41) is 0. The Morgan fingerprint density at radius 1 is 1.12 bits per heavy atom. The quantitative estimate of drug-likeness (QED) is 0.893. The zero-order valence-corrected chi connectivity index (χ0v) is 15.3. The molecule has 0 unspecified atom stereocenters. The summed E-state index contributed by atoms with van der Waals surface area (Å²) in [7, 11) is -1.84. The number of benzene rings is 2. The average Bonchev–Trinajstić information content (AvgIpc) is 2.58. The maximum Gasteiger partial charge on any atom is 0.240 e. The zero-order valence-electron chi connectivity index (χ0n) is 14.5. The molecule has 3 rings (SSSR count). The van der Waals surface area contributed by atoms with Gasteiger partial charge in [-0.2, -0.15) is 0 Å². The van der Waals surface area contributed by atoms with E-state index in [1.807, 2.05) is 25.1 Å². The number of hydrogen-bond donors (Lipinski definition) is 1. The molecule has 1 aliphatic rings. The lowest BCUT2D eigenvalue weighted by Crippen LogP contribution is -2.31. The van der Waals surface area contributed by atoms with Crippen molar-refractivity contribution < 1.29 is 13.2 Å². The highest BCUT2D eigenvalue weighted by Gasteiger charge is 2.23. The summed E-state index contributed by atoms with van der Waals surface area (Å²) < 4.78 is 27.7. The van der Waals surface area contributed by atoms with Crippen LogP contribution in [0.5, 0.6) is 0 Å². The van der Waals surface area contributed by atoms with Gasteiger partial charge in [-0.25, -0.2) is 13.1 Å². The van der Waals surface area contributed by atoms with Gasteiger partial charge in [-0.15, -0.1) is 0 Å². The second-order valence-corrected chi connectivity index (χ2v) is 8.15. The van der Waals surface area contributed by atoms with Gasteiger partial charge in [0, 0.05) is 25.7 Å². The standard InChI is InChI=1S/C19H22N2O3S/c1-14-4-3-5-15(12-14)10-11-20-25(23,24)17-7-8-18-16(13-17)6-9-19(22)21(18)2/h3-5,7-8,12-13,20H,6,9-11H2,1-2H3. The third-order valence-electron chi connectivity index (χ3n) is 4.49. The molecule has 2 aromatic carbocycles. The predicted molar refractivity (Wildman–Crippen MR) is 98.2 cm³/mol. The molecular weight excluding hydrogens is 336 g/mol. The normalized spacial score (nSPS) is 14.5. The molecule has 0 aliphatic carbocycles. The van der Waals surface area contributed by atoms with Crippen LogP contribution >= 0.6 is 0 Å². The first-order valence-corrected chi connectivity index (χ1v) is 9.80. The molecule has 0 saturated heterocycles. The first-order valence-electron chi connectivity index (χ1n) is 8.31. The predicted octanol–water partition coefficient (Wildman–Crippen LogP) is 2.43. The molecule has 0 radical (unpaired) electrons. The zero-order chi connectivity index (χ0) is 18.0. The lowest BCUT2D eigenvalue weighted by atomic mass is 10.0. The van der Waals surface area contributed by atoms with Crippen LogP contribution in [0.1, 0.15) is 23.1 Å². The average molecular weight is 358 g/mol. The van der Waals surface area contributed by atoms with Crippen LogP contribution in [0.2, 0.25) is 0 Å². The second-order valence-electron chi connectivity index (χ2n) is 6.38. The van der Waals surface area contributed by atoms with Gasteiger partial charge in [-0.05, 0) is 49.1 Å². The highest BCUT2D eigenvalue weighted by molar-refractivity contribution is 7.89. The number of carbonyl (C=O) groups is 1. The summed E-state index contributed by atoms with van der Waals surface area (Å²) in [5.74, 6) is 0.0550. The SMILES string of the molecule is Cc1cccc(CCNS(=O)(=O)c2ccc3c(c2)CCC(=O)N3C)c1. The van der Waals surface area contributed by atoms with Gasteiger partial charge in [0.25, 0.3) is 0 Å². The molecule has 132 valence electrons. The molecule has 25 heavy (non-hydrogen) atoms. The first kappa shape index (κ1) is 17.6. The number of aryl methyl sites for hydroxylation is 2. The summed E-state index contributed by atoms with van der Waals surface area (Å²) in [6.07, 6.45) is 1.63. The number of amides is 1. The van der Waals surface area contributed by atoms with Crippen molar-refractivity contribution in [1.29, 1.82) is 0 Å². The molecule has 1 heterocycles. The van der Waals surface area contributed by atoms with Crippen molar-refractivity contribution in [2.75, 3.05) is 18.5 Å². The van der Waals surface area contributed by atoms with Crippen LogP contribution in [0.15, 0.2) is 47.4 Å². The molecule has 5 nitrogen and oxygen atoms in total. The smallest absolute Gasteiger partial charge is 0.240 e. The number of rotatable bonds is 5. The summed E-state index contributed by atoms with van der Waals surface area (Å²) in [6.45, 7) is 2.36. The second kappa shape index (κ2) is 6.98.